The van der Waals surface area contributed by atoms with Gasteiger partial charge in [0.15, 0.2) is 11.5 Å². The normalized spacial score (nSPS) is 16.5. The molecular formula is C23H18ClNO4. The predicted molar refractivity (Wildman–Crippen MR) is 110 cm³/mol. The monoisotopic (exact) mass is 407 g/mol. The number of ketones is 1. The van der Waals surface area contributed by atoms with Crippen molar-refractivity contribution in [2.45, 2.75) is 18.9 Å². The molecule has 0 aliphatic carbocycles. The molecule has 3 aromatic rings. The van der Waals surface area contributed by atoms with E-state index in [4.69, 9.17) is 16.0 Å². The van der Waals surface area contributed by atoms with Crippen LogP contribution in [0.25, 0.3) is 0 Å². The van der Waals surface area contributed by atoms with Crippen molar-refractivity contribution in [1.29, 1.82) is 0 Å². The summed E-state index contributed by atoms with van der Waals surface area (Å²) in [5.41, 5.74) is 1.52. The molecule has 6 heteroatoms. The molecule has 0 bridgehead atoms. The van der Waals surface area contributed by atoms with Crippen molar-refractivity contribution in [1.82, 2.24) is 0 Å². The molecule has 1 unspecified atom stereocenters. The summed E-state index contributed by atoms with van der Waals surface area (Å²) in [4.78, 5) is 27.3. The molecule has 1 aliphatic rings. The lowest BCUT2D eigenvalue weighted by Crippen LogP contribution is -2.30. The van der Waals surface area contributed by atoms with Crippen LogP contribution in [0.4, 0.5) is 5.69 Å². The molecule has 0 radical (unpaired) electrons. The van der Waals surface area contributed by atoms with Gasteiger partial charge < -0.3 is 9.52 Å². The lowest BCUT2D eigenvalue weighted by Gasteiger charge is -2.25. The molecule has 2 heterocycles. The first kappa shape index (κ1) is 19.0. The van der Waals surface area contributed by atoms with Crippen molar-refractivity contribution in [2.75, 3.05) is 4.90 Å². The van der Waals surface area contributed by atoms with Crippen LogP contribution in [0.1, 0.15) is 23.8 Å². The Kier molecular flexibility index (Phi) is 5.23. The van der Waals surface area contributed by atoms with E-state index in [1.54, 1.807) is 36.4 Å². The van der Waals surface area contributed by atoms with E-state index in [1.165, 1.54) is 11.2 Å². The fourth-order valence-electron chi connectivity index (χ4n) is 3.54. The third-order valence-corrected chi connectivity index (χ3v) is 5.13. The zero-order valence-corrected chi connectivity index (χ0v) is 16.2. The van der Waals surface area contributed by atoms with Crippen LogP contribution in [0.15, 0.2) is 88.7 Å². The number of hydrogen-bond donors (Lipinski definition) is 1. The van der Waals surface area contributed by atoms with Gasteiger partial charge in [0, 0.05) is 17.1 Å². The average molecular weight is 408 g/mol. The molecular weight excluding hydrogens is 390 g/mol. The average Bonchev–Trinajstić information content (AvgIpc) is 3.34. The fourth-order valence-corrected chi connectivity index (χ4v) is 3.72. The molecule has 0 saturated carbocycles. The highest BCUT2D eigenvalue weighted by molar-refractivity contribution is 6.31. The first-order chi connectivity index (χ1) is 14.1. The minimum atomic E-state index is -0.848. The van der Waals surface area contributed by atoms with Gasteiger partial charge in [0.05, 0.1) is 11.8 Å². The summed E-state index contributed by atoms with van der Waals surface area (Å²) in [6.07, 6.45) is 2.14. The van der Waals surface area contributed by atoms with E-state index >= 15 is 0 Å². The van der Waals surface area contributed by atoms with Crippen LogP contribution in [0, 0.1) is 0 Å². The van der Waals surface area contributed by atoms with Gasteiger partial charge in [0.2, 0.25) is 0 Å². The zero-order chi connectivity index (χ0) is 20.4. The summed E-state index contributed by atoms with van der Waals surface area (Å²) in [7, 11) is 0. The number of furan rings is 1. The molecule has 146 valence electrons. The first-order valence-corrected chi connectivity index (χ1v) is 9.57. The summed E-state index contributed by atoms with van der Waals surface area (Å²) in [5.74, 6) is -1.11. The molecule has 4 rings (SSSR count). The molecule has 0 spiro atoms. The molecule has 1 N–H and O–H groups in total. The summed E-state index contributed by atoms with van der Waals surface area (Å²) in [6, 6.07) is 18.8. The minimum Gasteiger partial charge on any atom is -0.503 e. The van der Waals surface area contributed by atoms with E-state index in [2.05, 4.69) is 0 Å². The van der Waals surface area contributed by atoms with Gasteiger partial charge in [-0.1, -0.05) is 48.0 Å². The van der Waals surface area contributed by atoms with Gasteiger partial charge in [0.25, 0.3) is 5.91 Å². The van der Waals surface area contributed by atoms with Crippen LogP contribution in [-0.2, 0) is 16.0 Å². The minimum absolute atomic E-state index is 0.0425. The SMILES string of the molecule is O=C(CCc1ccccc1)C1=C(O)C(=O)N(c2cccc(Cl)c2)C1c1ccco1. The second-order valence-corrected chi connectivity index (χ2v) is 7.18. The second kappa shape index (κ2) is 7.97. The number of halogens is 1. The Bertz CT molecular complexity index is 1070. The number of hydrogen-bond acceptors (Lipinski definition) is 4. The fraction of sp³-hybridized carbons (Fsp3) is 0.130. The number of aliphatic hydroxyl groups is 1. The second-order valence-electron chi connectivity index (χ2n) is 6.74. The standard InChI is InChI=1S/C23H18ClNO4/c24-16-8-4-9-17(14-16)25-21(19-10-5-13-29-19)20(22(27)23(25)28)18(26)12-11-15-6-2-1-3-7-15/h1-10,13-14,21,27H,11-12H2. The smallest absolute Gasteiger partial charge is 0.294 e. The van der Waals surface area contributed by atoms with Crippen molar-refractivity contribution in [3.8, 4) is 0 Å². The number of aliphatic hydroxyl groups excluding tert-OH is 1. The quantitative estimate of drug-likeness (QED) is 0.621. The number of Topliss-reactive ketones (excluding diaryl/α,β-unsaturated/α-hetero) is 1. The van der Waals surface area contributed by atoms with Gasteiger partial charge in [-0.25, -0.2) is 0 Å². The van der Waals surface area contributed by atoms with Gasteiger partial charge >= 0.3 is 0 Å². The van der Waals surface area contributed by atoms with Crippen molar-refractivity contribution in [2.24, 2.45) is 0 Å². The summed E-state index contributed by atoms with van der Waals surface area (Å²) >= 11 is 6.09. The summed E-state index contributed by atoms with van der Waals surface area (Å²) < 4.78 is 5.51. The summed E-state index contributed by atoms with van der Waals surface area (Å²) in [5, 5.41) is 11.0. The number of anilines is 1. The van der Waals surface area contributed by atoms with Crippen molar-refractivity contribution in [3.05, 3.63) is 101 Å². The Hall–Kier alpha value is -3.31. The molecule has 0 fully saturated rings. The third-order valence-electron chi connectivity index (χ3n) is 4.89. The van der Waals surface area contributed by atoms with Crippen LogP contribution >= 0.6 is 11.6 Å². The lowest BCUT2D eigenvalue weighted by atomic mass is 9.96. The van der Waals surface area contributed by atoms with Crippen LogP contribution in [-0.4, -0.2) is 16.8 Å². The van der Waals surface area contributed by atoms with Gasteiger partial charge in [-0.15, -0.1) is 0 Å². The van der Waals surface area contributed by atoms with Crippen molar-refractivity contribution in [3.63, 3.8) is 0 Å². The number of rotatable bonds is 6. The predicted octanol–water partition coefficient (Wildman–Crippen LogP) is 5.03. The largest absolute Gasteiger partial charge is 0.503 e. The Morgan fingerprint density at radius 1 is 1.07 bits per heavy atom. The van der Waals surface area contributed by atoms with E-state index in [1.807, 2.05) is 30.3 Å². The van der Waals surface area contributed by atoms with E-state index in [-0.39, 0.29) is 17.8 Å². The molecule has 2 aromatic carbocycles. The number of benzene rings is 2. The van der Waals surface area contributed by atoms with Crippen LogP contribution < -0.4 is 4.90 Å². The summed E-state index contributed by atoms with van der Waals surface area (Å²) in [6.45, 7) is 0. The lowest BCUT2D eigenvalue weighted by molar-refractivity contribution is -0.118. The Morgan fingerprint density at radius 2 is 1.86 bits per heavy atom. The number of carbonyl (C=O) groups excluding carboxylic acids is 2. The highest BCUT2D eigenvalue weighted by Gasteiger charge is 2.45. The number of aryl methyl sites for hydroxylation is 1. The molecule has 1 amide bonds. The first-order valence-electron chi connectivity index (χ1n) is 9.19. The maximum Gasteiger partial charge on any atom is 0.294 e. The van der Waals surface area contributed by atoms with Gasteiger partial charge in [-0.05, 0) is 42.3 Å². The van der Waals surface area contributed by atoms with Gasteiger partial charge in [-0.3, -0.25) is 14.5 Å². The Labute approximate surface area is 172 Å². The van der Waals surface area contributed by atoms with Gasteiger partial charge in [-0.2, -0.15) is 0 Å². The number of nitrogens with zero attached hydrogens (tertiary/aromatic N) is 1. The van der Waals surface area contributed by atoms with E-state index < -0.39 is 17.7 Å². The molecule has 1 aliphatic heterocycles. The number of carbonyl (C=O) groups is 2. The molecule has 29 heavy (non-hydrogen) atoms. The van der Waals surface area contributed by atoms with E-state index in [9.17, 15) is 14.7 Å². The molecule has 1 atom stereocenters. The number of amides is 1. The van der Waals surface area contributed by atoms with Crippen molar-refractivity contribution >= 4 is 29.0 Å². The highest BCUT2D eigenvalue weighted by atomic mass is 35.5. The maximum atomic E-state index is 13.1. The van der Waals surface area contributed by atoms with Crippen molar-refractivity contribution < 1.29 is 19.1 Å². The third kappa shape index (κ3) is 3.69. The molecule has 0 saturated heterocycles. The van der Waals surface area contributed by atoms with Crippen LogP contribution in [0.2, 0.25) is 5.02 Å². The topological polar surface area (TPSA) is 70.8 Å². The van der Waals surface area contributed by atoms with Crippen LogP contribution in [0.5, 0.6) is 0 Å². The van der Waals surface area contributed by atoms with E-state index in [0.717, 1.165) is 5.56 Å². The zero-order valence-electron chi connectivity index (χ0n) is 15.4. The van der Waals surface area contributed by atoms with E-state index in [0.29, 0.717) is 22.9 Å². The highest BCUT2D eigenvalue weighted by Crippen LogP contribution is 2.42. The molecule has 5 nitrogen and oxygen atoms in total. The Balaban J connectivity index is 1.69. The van der Waals surface area contributed by atoms with Crippen LogP contribution in [0.3, 0.4) is 0 Å². The van der Waals surface area contributed by atoms with Gasteiger partial charge in [0.1, 0.15) is 11.8 Å². The maximum absolute atomic E-state index is 13.1. The molecule has 1 aromatic heterocycles. The Morgan fingerprint density at radius 3 is 2.55 bits per heavy atom.